The molecule has 2 atom stereocenters. The highest BCUT2D eigenvalue weighted by Crippen LogP contribution is 2.21. The summed E-state index contributed by atoms with van der Waals surface area (Å²) in [6, 6.07) is 7.21. The number of rotatable bonds is 10. The number of nitrogens with zero attached hydrogens (tertiary/aromatic N) is 4. The summed E-state index contributed by atoms with van der Waals surface area (Å²) < 4.78 is 33.1. The minimum Gasteiger partial charge on any atom is -0.497 e. The molecule has 3 rings (SSSR count). The normalized spacial score (nSPS) is 13.4. The number of nitrogen functional groups attached to an aromatic ring is 1. The van der Waals surface area contributed by atoms with Crippen molar-refractivity contribution in [1.82, 2.24) is 18.5 Å². The lowest BCUT2D eigenvalue weighted by molar-refractivity contribution is 0.414. The van der Waals surface area contributed by atoms with Crippen LogP contribution in [0.5, 0.6) is 5.75 Å². The summed E-state index contributed by atoms with van der Waals surface area (Å²) in [7, 11) is -1.59. The Kier molecular flexibility index (Phi) is 7.84. The number of benzene rings is 1. The topological polar surface area (TPSA) is 122 Å². The molecule has 9 nitrogen and oxygen atoms in total. The van der Waals surface area contributed by atoms with Crippen LogP contribution >= 0.6 is 11.6 Å². The van der Waals surface area contributed by atoms with E-state index in [-0.39, 0.29) is 40.2 Å². The smallest absolute Gasteiger partial charge is 0.342 e. The van der Waals surface area contributed by atoms with E-state index in [2.05, 4.69) is 9.97 Å². The van der Waals surface area contributed by atoms with E-state index in [4.69, 9.17) is 22.1 Å². The first kappa shape index (κ1) is 23.4. The number of halogens is 1. The van der Waals surface area contributed by atoms with Crippen LogP contribution in [0.3, 0.4) is 0 Å². The first-order chi connectivity index (χ1) is 14.9. The molecule has 2 unspecified atom stereocenters. The molecule has 3 aromatic rings. The van der Waals surface area contributed by atoms with Gasteiger partial charge < -0.3 is 10.5 Å². The third-order valence-corrected chi connectivity index (χ3v) is 7.50. The third kappa shape index (κ3) is 4.99. The zero-order valence-corrected chi connectivity index (χ0v) is 19.6. The van der Waals surface area contributed by atoms with Gasteiger partial charge in [0.2, 0.25) is 5.16 Å². The van der Waals surface area contributed by atoms with Crippen molar-refractivity contribution >= 4 is 50.4 Å². The Labute approximate surface area is 189 Å². The van der Waals surface area contributed by atoms with Crippen molar-refractivity contribution in [2.24, 2.45) is 0 Å². The fourth-order valence-corrected chi connectivity index (χ4v) is 5.46. The molecule has 0 radical (unpaired) electrons. The lowest BCUT2D eigenvalue weighted by atomic mass is 10.2. The highest BCUT2D eigenvalue weighted by molar-refractivity contribution is 7.84. The highest BCUT2D eigenvalue weighted by atomic mass is 35.5. The molecule has 31 heavy (non-hydrogen) atoms. The van der Waals surface area contributed by atoms with E-state index < -0.39 is 27.5 Å². The van der Waals surface area contributed by atoms with Gasteiger partial charge >= 0.3 is 5.69 Å². The van der Waals surface area contributed by atoms with Gasteiger partial charge in [-0.05, 0) is 30.5 Å². The molecule has 0 aliphatic heterocycles. The van der Waals surface area contributed by atoms with E-state index in [0.717, 1.165) is 9.54 Å². The van der Waals surface area contributed by atoms with Crippen molar-refractivity contribution in [2.45, 2.75) is 31.5 Å². The summed E-state index contributed by atoms with van der Waals surface area (Å²) in [6.07, 6.45) is 1.14. The lowest BCUT2D eigenvalue weighted by Crippen LogP contribution is -2.28. The first-order valence-corrected chi connectivity index (χ1v) is 12.8. The van der Waals surface area contributed by atoms with E-state index in [1.807, 2.05) is 19.1 Å². The fraction of sp³-hybridized carbons (Fsp3) is 0.421. The minimum absolute atomic E-state index is 0.0250. The van der Waals surface area contributed by atoms with Crippen LogP contribution in [-0.2, 0) is 28.3 Å². The zero-order valence-electron chi connectivity index (χ0n) is 17.2. The Morgan fingerprint density at radius 2 is 1.87 bits per heavy atom. The number of methoxy groups -OCH3 is 1. The second-order valence-corrected chi connectivity index (χ2v) is 9.95. The van der Waals surface area contributed by atoms with Crippen molar-refractivity contribution in [3.63, 3.8) is 0 Å². The van der Waals surface area contributed by atoms with Crippen LogP contribution in [0, 0.1) is 0 Å². The Morgan fingerprint density at radius 1 is 1.16 bits per heavy atom. The van der Waals surface area contributed by atoms with Crippen molar-refractivity contribution in [2.75, 3.05) is 30.2 Å². The van der Waals surface area contributed by atoms with Crippen LogP contribution in [0.1, 0.15) is 25.3 Å². The van der Waals surface area contributed by atoms with Crippen LogP contribution < -0.4 is 16.2 Å². The summed E-state index contributed by atoms with van der Waals surface area (Å²) in [5.41, 5.74) is 6.82. The van der Waals surface area contributed by atoms with E-state index in [1.165, 1.54) is 4.57 Å². The van der Waals surface area contributed by atoms with Gasteiger partial charge in [0.15, 0.2) is 11.5 Å². The Morgan fingerprint density at radius 3 is 2.48 bits per heavy atom. The van der Waals surface area contributed by atoms with Crippen molar-refractivity contribution in [1.29, 1.82) is 0 Å². The number of hydrogen-bond acceptors (Lipinski definition) is 7. The van der Waals surface area contributed by atoms with Gasteiger partial charge in [-0.3, -0.25) is 8.78 Å². The average Bonchev–Trinajstić information content (AvgIpc) is 3.04. The van der Waals surface area contributed by atoms with E-state index in [9.17, 15) is 13.2 Å². The van der Waals surface area contributed by atoms with Crippen LogP contribution in [0.4, 0.5) is 5.82 Å². The summed E-state index contributed by atoms with van der Waals surface area (Å²) in [4.78, 5) is 21.8. The fourth-order valence-electron chi connectivity index (χ4n) is 3.01. The Balaban J connectivity index is 2.18. The SMILES string of the molecule is CCCS(=O)n1c(=O)n(Cc2ccc(OC)cc2)c2nc(S(=O)CCCCl)nc(N)c21. The second-order valence-electron chi connectivity index (χ2n) is 6.69. The van der Waals surface area contributed by atoms with Gasteiger partial charge in [0, 0.05) is 17.4 Å². The summed E-state index contributed by atoms with van der Waals surface area (Å²) in [5.74, 6) is 1.57. The maximum Gasteiger partial charge on any atom is 0.342 e. The van der Waals surface area contributed by atoms with E-state index in [1.54, 1.807) is 19.2 Å². The molecule has 0 amide bonds. The van der Waals surface area contributed by atoms with Gasteiger partial charge in [0.1, 0.15) is 22.3 Å². The standard InChI is InChI=1S/C19H24ClN5O4S2/c1-3-10-31(28)25-15-16(21)22-18(30(27)11-4-9-20)23-17(15)24(19(25)26)12-13-5-7-14(29-2)8-6-13/h5-8H,3-4,9-12H2,1-2H3,(H2,21,22,23). The van der Waals surface area contributed by atoms with Gasteiger partial charge in [-0.15, -0.1) is 11.6 Å². The maximum atomic E-state index is 13.2. The first-order valence-electron chi connectivity index (χ1n) is 9.66. The predicted molar refractivity (Wildman–Crippen MR) is 124 cm³/mol. The minimum atomic E-state index is -1.63. The van der Waals surface area contributed by atoms with Gasteiger partial charge in [0.05, 0.1) is 24.5 Å². The summed E-state index contributed by atoms with van der Waals surface area (Å²) >= 11 is 5.69. The van der Waals surface area contributed by atoms with Crippen molar-refractivity contribution < 1.29 is 13.2 Å². The van der Waals surface area contributed by atoms with Crippen LogP contribution in [-0.4, -0.2) is 51.4 Å². The molecule has 2 aromatic heterocycles. The third-order valence-electron chi connectivity index (χ3n) is 4.48. The molecule has 0 saturated heterocycles. The molecule has 0 spiro atoms. The van der Waals surface area contributed by atoms with Gasteiger partial charge in [-0.2, -0.15) is 0 Å². The molecule has 1 aromatic carbocycles. The number of alkyl halides is 1. The molecule has 2 N–H and O–H groups in total. The Bertz CT molecular complexity index is 1180. The van der Waals surface area contributed by atoms with E-state index in [0.29, 0.717) is 24.5 Å². The summed E-state index contributed by atoms with van der Waals surface area (Å²) in [6.45, 7) is 2.04. The largest absolute Gasteiger partial charge is 0.497 e. The number of ether oxygens (including phenoxy) is 1. The number of hydrogen-bond donors (Lipinski definition) is 1. The van der Waals surface area contributed by atoms with Gasteiger partial charge in [-0.1, -0.05) is 19.1 Å². The van der Waals surface area contributed by atoms with Crippen molar-refractivity contribution in [3.8, 4) is 5.75 Å². The number of nitrogens with two attached hydrogens (primary N) is 1. The average molecular weight is 486 g/mol. The molecular formula is C19H24ClN5O4S2. The monoisotopic (exact) mass is 485 g/mol. The quantitative estimate of drug-likeness (QED) is 0.343. The predicted octanol–water partition coefficient (Wildman–Crippen LogP) is 1.89. The highest BCUT2D eigenvalue weighted by Gasteiger charge is 2.24. The summed E-state index contributed by atoms with van der Waals surface area (Å²) in [5, 5.41) is 0.0250. The van der Waals surface area contributed by atoms with Crippen LogP contribution in [0.15, 0.2) is 34.2 Å². The maximum absolute atomic E-state index is 13.2. The Hall–Kier alpha value is -2.24. The second kappa shape index (κ2) is 10.4. The van der Waals surface area contributed by atoms with Crippen LogP contribution in [0.2, 0.25) is 0 Å². The number of anilines is 1. The number of imidazole rings is 1. The van der Waals surface area contributed by atoms with Crippen LogP contribution in [0.25, 0.3) is 11.2 Å². The molecular weight excluding hydrogens is 462 g/mol. The molecule has 0 aliphatic rings. The molecule has 0 fully saturated rings. The van der Waals surface area contributed by atoms with Gasteiger partial charge in [-0.25, -0.2) is 22.9 Å². The molecule has 2 heterocycles. The number of fused-ring (bicyclic) bond motifs is 1. The molecule has 12 heteroatoms. The molecule has 0 saturated carbocycles. The van der Waals surface area contributed by atoms with Gasteiger partial charge in [0.25, 0.3) is 0 Å². The number of aromatic nitrogens is 4. The lowest BCUT2D eigenvalue weighted by Gasteiger charge is -2.06. The van der Waals surface area contributed by atoms with Crippen molar-refractivity contribution in [3.05, 3.63) is 40.3 Å². The van der Waals surface area contributed by atoms with E-state index >= 15 is 0 Å². The molecule has 168 valence electrons. The molecule has 0 aliphatic carbocycles. The molecule has 0 bridgehead atoms. The zero-order chi connectivity index (χ0) is 22.5.